The number of rotatable bonds is 5. The minimum atomic E-state index is 0.187. The van der Waals surface area contributed by atoms with E-state index >= 15 is 0 Å². The lowest BCUT2D eigenvalue weighted by Crippen LogP contribution is -2.49. The molecule has 1 aliphatic heterocycles. The molecule has 1 amide bonds. The monoisotopic (exact) mass is 293 g/mol. The predicted octanol–water partition coefficient (Wildman–Crippen LogP) is 1.74. The molecule has 2 saturated carbocycles. The van der Waals surface area contributed by atoms with Crippen molar-refractivity contribution in [1.29, 1.82) is 0 Å². The number of nitrogens with two attached hydrogens (primary N) is 1. The lowest BCUT2D eigenvalue weighted by atomic mass is 9.81. The second kappa shape index (κ2) is 7.10. The Morgan fingerprint density at radius 3 is 2.71 bits per heavy atom. The molecule has 3 atom stereocenters. The van der Waals surface area contributed by atoms with E-state index in [-0.39, 0.29) is 11.8 Å². The minimum Gasteiger partial charge on any atom is -0.355 e. The Labute approximate surface area is 128 Å². The molecule has 4 nitrogen and oxygen atoms in total. The van der Waals surface area contributed by atoms with Gasteiger partial charge in [0.1, 0.15) is 0 Å². The lowest BCUT2D eigenvalue weighted by molar-refractivity contribution is -0.127. The summed E-state index contributed by atoms with van der Waals surface area (Å²) in [5.74, 6) is 2.43. The van der Waals surface area contributed by atoms with Gasteiger partial charge >= 0.3 is 0 Å². The zero-order valence-corrected chi connectivity index (χ0v) is 13.2. The van der Waals surface area contributed by atoms with Gasteiger partial charge < -0.3 is 11.1 Å². The molecule has 3 aliphatic rings. The molecule has 1 saturated heterocycles. The fourth-order valence-corrected chi connectivity index (χ4v) is 4.42. The Morgan fingerprint density at radius 1 is 1.10 bits per heavy atom. The maximum atomic E-state index is 12.2. The molecule has 21 heavy (non-hydrogen) atoms. The number of carbonyl (C=O) groups excluding carboxylic acids is 1. The second-order valence-corrected chi connectivity index (χ2v) is 7.33. The van der Waals surface area contributed by atoms with Crippen molar-refractivity contribution in [3.8, 4) is 0 Å². The number of likely N-dealkylation sites (tertiary alicyclic amines) is 1. The quantitative estimate of drug-likeness (QED) is 0.812. The van der Waals surface area contributed by atoms with Gasteiger partial charge in [-0.2, -0.15) is 0 Å². The van der Waals surface area contributed by atoms with E-state index in [9.17, 15) is 4.79 Å². The maximum absolute atomic E-state index is 12.2. The van der Waals surface area contributed by atoms with Crippen LogP contribution in [0.25, 0.3) is 0 Å². The zero-order valence-electron chi connectivity index (χ0n) is 13.2. The van der Waals surface area contributed by atoms with Crippen molar-refractivity contribution in [2.75, 3.05) is 26.2 Å². The average molecular weight is 293 g/mol. The predicted molar refractivity (Wildman–Crippen MR) is 84.8 cm³/mol. The van der Waals surface area contributed by atoms with Crippen molar-refractivity contribution in [2.45, 2.75) is 57.4 Å². The van der Waals surface area contributed by atoms with Crippen molar-refractivity contribution < 1.29 is 4.79 Å². The maximum Gasteiger partial charge on any atom is 0.224 e. The first-order valence-electron chi connectivity index (χ1n) is 8.99. The Morgan fingerprint density at radius 2 is 1.95 bits per heavy atom. The zero-order chi connectivity index (χ0) is 14.7. The van der Waals surface area contributed by atoms with Crippen molar-refractivity contribution in [1.82, 2.24) is 10.2 Å². The van der Waals surface area contributed by atoms with Crippen molar-refractivity contribution in [3.63, 3.8) is 0 Å². The van der Waals surface area contributed by atoms with Crippen LogP contribution in [0.1, 0.15) is 51.4 Å². The fourth-order valence-electron chi connectivity index (χ4n) is 4.42. The van der Waals surface area contributed by atoms with Crippen LogP contribution in [0.5, 0.6) is 0 Å². The molecule has 3 unspecified atom stereocenters. The molecule has 3 fully saturated rings. The SMILES string of the molecule is NCCNC(=O)C1CCCN(C2CCCC(C3CC3)C2)C1. The standard InChI is InChI=1S/C17H31N3O/c18-8-9-19-17(21)15-4-2-10-20(12-15)16-5-1-3-14(11-16)13-6-7-13/h13-16H,1-12,18H2,(H,19,21). The van der Waals surface area contributed by atoms with Crippen LogP contribution in [0.4, 0.5) is 0 Å². The van der Waals surface area contributed by atoms with Crippen LogP contribution in [0.3, 0.4) is 0 Å². The molecule has 120 valence electrons. The number of piperidine rings is 1. The number of hydrogen-bond acceptors (Lipinski definition) is 3. The Kier molecular flexibility index (Phi) is 5.17. The van der Waals surface area contributed by atoms with Crippen LogP contribution in [0.15, 0.2) is 0 Å². The molecule has 1 heterocycles. The van der Waals surface area contributed by atoms with Gasteiger partial charge in [0.15, 0.2) is 0 Å². The molecule has 0 bridgehead atoms. The van der Waals surface area contributed by atoms with Gasteiger partial charge in [0.05, 0.1) is 5.92 Å². The molecule has 2 aliphatic carbocycles. The molecule has 0 radical (unpaired) electrons. The van der Waals surface area contributed by atoms with Gasteiger partial charge in [-0.15, -0.1) is 0 Å². The van der Waals surface area contributed by atoms with Crippen LogP contribution in [-0.2, 0) is 4.79 Å². The molecular formula is C17H31N3O. The van der Waals surface area contributed by atoms with Crippen LogP contribution >= 0.6 is 0 Å². The lowest BCUT2D eigenvalue weighted by Gasteiger charge is -2.41. The van der Waals surface area contributed by atoms with E-state index in [1.165, 1.54) is 51.5 Å². The Balaban J connectivity index is 1.51. The van der Waals surface area contributed by atoms with Gasteiger partial charge in [-0.05, 0) is 56.9 Å². The third kappa shape index (κ3) is 3.98. The van der Waals surface area contributed by atoms with Gasteiger partial charge in [0, 0.05) is 25.7 Å². The third-order valence-electron chi connectivity index (χ3n) is 5.76. The fraction of sp³-hybridized carbons (Fsp3) is 0.941. The summed E-state index contributed by atoms with van der Waals surface area (Å²) in [7, 11) is 0. The average Bonchev–Trinajstić information content (AvgIpc) is 3.38. The molecule has 4 heteroatoms. The summed E-state index contributed by atoms with van der Waals surface area (Å²) >= 11 is 0. The van der Waals surface area contributed by atoms with E-state index in [2.05, 4.69) is 10.2 Å². The number of nitrogens with one attached hydrogen (secondary N) is 1. The molecule has 0 aromatic carbocycles. The number of amides is 1. The number of nitrogens with zero attached hydrogens (tertiary/aromatic N) is 1. The van der Waals surface area contributed by atoms with Crippen LogP contribution in [0, 0.1) is 17.8 Å². The Hall–Kier alpha value is -0.610. The summed E-state index contributed by atoms with van der Waals surface area (Å²) < 4.78 is 0. The van der Waals surface area contributed by atoms with E-state index in [4.69, 9.17) is 5.73 Å². The number of carbonyl (C=O) groups is 1. The highest BCUT2D eigenvalue weighted by Crippen LogP contribution is 2.45. The van der Waals surface area contributed by atoms with Gasteiger partial charge in [-0.25, -0.2) is 0 Å². The summed E-state index contributed by atoms with van der Waals surface area (Å²) in [6.07, 6.45) is 10.8. The Bertz CT molecular complexity index is 356. The van der Waals surface area contributed by atoms with E-state index in [0.29, 0.717) is 13.1 Å². The van der Waals surface area contributed by atoms with E-state index in [0.717, 1.165) is 30.8 Å². The van der Waals surface area contributed by atoms with Crippen LogP contribution in [0.2, 0.25) is 0 Å². The highest BCUT2D eigenvalue weighted by molar-refractivity contribution is 5.78. The molecule has 0 aromatic heterocycles. The summed E-state index contributed by atoms with van der Waals surface area (Å²) in [5, 5.41) is 2.97. The normalized spacial score (nSPS) is 34.6. The second-order valence-electron chi connectivity index (χ2n) is 7.33. The topological polar surface area (TPSA) is 58.4 Å². The van der Waals surface area contributed by atoms with Gasteiger partial charge in [-0.3, -0.25) is 9.69 Å². The summed E-state index contributed by atoms with van der Waals surface area (Å²) in [4.78, 5) is 14.8. The van der Waals surface area contributed by atoms with E-state index in [1.54, 1.807) is 0 Å². The van der Waals surface area contributed by atoms with Crippen LogP contribution < -0.4 is 11.1 Å². The summed E-state index contributed by atoms with van der Waals surface area (Å²) in [6.45, 7) is 3.32. The number of hydrogen-bond donors (Lipinski definition) is 2. The summed E-state index contributed by atoms with van der Waals surface area (Å²) in [5.41, 5.74) is 5.47. The molecular weight excluding hydrogens is 262 g/mol. The molecule has 3 rings (SSSR count). The van der Waals surface area contributed by atoms with E-state index in [1.807, 2.05) is 0 Å². The van der Waals surface area contributed by atoms with Gasteiger partial charge in [0.2, 0.25) is 5.91 Å². The van der Waals surface area contributed by atoms with Crippen LogP contribution in [-0.4, -0.2) is 43.0 Å². The highest BCUT2D eigenvalue weighted by atomic mass is 16.1. The van der Waals surface area contributed by atoms with Gasteiger partial charge in [0.25, 0.3) is 0 Å². The first-order valence-corrected chi connectivity index (χ1v) is 8.99. The molecule has 0 spiro atoms. The third-order valence-corrected chi connectivity index (χ3v) is 5.76. The van der Waals surface area contributed by atoms with Gasteiger partial charge in [-0.1, -0.05) is 12.8 Å². The van der Waals surface area contributed by atoms with Crippen molar-refractivity contribution >= 4 is 5.91 Å². The minimum absolute atomic E-state index is 0.187. The smallest absolute Gasteiger partial charge is 0.224 e. The largest absolute Gasteiger partial charge is 0.355 e. The molecule has 3 N–H and O–H groups in total. The highest BCUT2D eigenvalue weighted by Gasteiger charge is 2.37. The first kappa shape index (κ1) is 15.3. The first-order chi connectivity index (χ1) is 10.3. The van der Waals surface area contributed by atoms with Crippen molar-refractivity contribution in [2.24, 2.45) is 23.5 Å². The molecule has 0 aromatic rings. The summed E-state index contributed by atoms with van der Waals surface area (Å²) in [6, 6.07) is 0.745. The van der Waals surface area contributed by atoms with Crippen molar-refractivity contribution in [3.05, 3.63) is 0 Å². The van der Waals surface area contributed by atoms with E-state index < -0.39 is 0 Å².